The number of amides is 1. The first-order valence-corrected chi connectivity index (χ1v) is 8.88. The van der Waals surface area contributed by atoms with Gasteiger partial charge >= 0.3 is 5.97 Å². The maximum Gasteiger partial charge on any atom is 0.311 e. The highest BCUT2D eigenvalue weighted by Crippen LogP contribution is 2.39. The van der Waals surface area contributed by atoms with Gasteiger partial charge < -0.3 is 10.0 Å². The van der Waals surface area contributed by atoms with Crippen molar-refractivity contribution in [1.29, 1.82) is 0 Å². The Morgan fingerprint density at radius 3 is 2.33 bits per heavy atom. The van der Waals surface area contributed by atoms with Crippen LogP contribution in [0.1, 0.15) is 57.1 Å². The molecule has 1 aromatic rings. The number of benzene rings is 1. The van der Waals surface area contributed by atoms with Gasteiger partial charge in [0.2, 0.25) is 5.91 Å². The van der Waals surface area contributed by atoms with Gasteiger partial charge in [0.1, 0.15) is 0 Å². The summed E-state index contributed by atoms with van der Waals surface area (Å²) < 4.78 is 0. The normalized spacial score (nSPS) is 22.0. The fourth-order valence-corrected chi connectivity index (χ4v) is 3.62. The standard InChI is InChI=1S/C20H29NO3/c1-5-16(17-8-6-15(4)7-9-17)12-18(22)21-11-10-20(13-21,14(2)3)19(23)24/h6-9,14,16H,5,10-13H2,1-4H3,(H,23,24). The lowest BCUT2D eigenvalue weighted by molar-refractivity contribution is -0.151. The van der Waals surface area contributed by atoms with Crippen LogP contribution in [0.15, 0.2) is 24.3 Å². The lowest BCUT2D eigenvalue weighted by atomic mass is 9.76. The first-order valence-electron chi connectivity index (χ1n) is 8.88. The number of carboxylic acids is 1. The van der Waals surface area contributed by atoms with E-state index in [0.29, 0.717) is 25.9 Å². The minimum absolute atomic E-state index is 0.0203. The Labute approximate surface area is 144 Å². The summed E-state index contributed by atoms with van der Waals surface area (Å²) in [7, 11) is 0. The van der Waals surface area contributed by atoms with Crippen molar-refractivity contribution >= 4 is 11.9 Å². The van der Waals surface area contributed by atoms with E-state index in [1.807, 2.05) is 13.8 Å². The molecule has 0 saturated carbocycles. The number of aliphatic carboxylic acids is 1. The van der Waals surface area contributed by atoms with Gasteiger partial charge in [-0.25, -0.2) is 0 Å². The Kier molecular flexibility index (Phi) is 5.68. The van der Waals surface area contributed by atoms with E-state index >= 15 is 0 Å². The van der Waals surface area contributed by atoms with Crippen LogP contribution in [0.3, 0.4) is 0 Å². The second-order valence-corrected chi connectivity index (χ2v) is 7.40. The van der Waals surface area contributed by atoms with Crippen molar-refractivity contribution < 1.29 is 14.7 Å². The fraction of sp³-hybridized carbons (Fsp3) is 0.600. The molecule has 1 amide bonds. The molecule has 1 saturated heterocycles. The predicted octanol–water partition coefficient (Wildman–Crippen LogP) is 3.84. The largest absolute Gasteiger partial charge is 0.481 e. The van der Waals surface area contributed by atoms with E-state index in [1.165, 1.54) is 11.1 Å². The Bertz CT molecular complexity index is 593. The van der Waals surface area contributed by atoms with Crippen LogP contribution in [-0.2, 0) is 9.59 Å². The van der Waals surface area contributed by atoms with Crippen molar-refractivity contribution in [2.75, 3.05) is 13.1 Å². The molecule has 1 aliphatic heterocycles. The van der Waals surface area contributed by atoms with Crippen LogP contribution < -0.4 is 0 Å². The molecule has 4 heteroatoms. The molecule has 0 radical (unpaired) electrons. The smallest absolute Gasteiger partial charge is 0.311 e. The van der Waals surface area contributed by atoms with Crippen molar-refractivity contribution in [3.63, 3.8) is 0 Å². The topological polar surface area (TPSA) is 57.6 Å². The number of likely N-dealkylation sites (tertiary alicyclic amines) is 1. The van der Waals surface area contributed by atoms with Crippen LogP contribution in [0.4, 0.5) is 0 Å². The average molecular weight is 331 g/mol. The Hall–Kier alpha value is -1.84. The molecule has 0 spiro atoms. The van der Waals surface area contributed by atoms with E-state index in [2.05, 4.69) is 38.1 Å². The Morgan fingerprint density at radius 2 is 1.88 bits per heavy atom. The average Bonchev–Trinajstić information content (AvgIpc) is 3.00. The number of carbonyl (C=O) groups excluding carboxylic acids is 1. The first kappa shape index (κ1) is 18.5. The molecule has 0 bridgehead atoms. The number of carbonyl (C=O) groups is 2. The molecule has 2 rings (SSSR count). The predicted molar refractivity (Wildman–Crippen MR) is 94.9 cm³/mol. The SMILES string of the molecule is CCC(CC(=O)N1CCC(C(=O)O)(C(C)C)C1)c1ccc(C)cc1. The number of hydrogen-bond acceptors (Lipinski definition) is 2. The van der Waals surface area contributed by atoms with Gasteiger partial charge in [-0.05, 0) is 37.2 Å². The van der Waals surface area contributed by atoms with Crippen LogP contribution in [0.2, 0.25) is 0 Å². The molecule has 0 aliphatic carbocycles. The summed E-state index contributed by atoms with van der Waals surface area (Å²) in [6.07, 6.45) is 1.90. The number of carboxylic acid groups (broad SMARTS) is 1. The molecule has 1 heterocycles. The minimum atomic E-state index is -0.790. The third-order valence-corrected chi connectivity index (χ3v) is 5.65. The summed E-state index contributed by atoms with van der Waals surface area (Å²) in [5.41, 5.74) is 1.60. The van der Waals surface area contributed by atoms with E-state index in [0.717, 1.165) is 6.42 Å². The molecule has 1 aromatic carbocycles. The van der Waals surface area contributed by atoms with Crippen molar-refractivity contribution in [3.8, 4) is 0 Å². The number of rotatable bonds is 6. The number of aryl methyl sites for hydroxylation is 1. The van der Waals surface area contributed by atoms with E-state index in [4.69, 9.17) is 0 Å². The molecule has 1 N–H and O–H groups in total. The molecule has 2 atom stereocenters. The van der Waals surface area contributed by atoms with Crippen molar-refractivity contribution in [3.05, 3.63) is 35.4 Å². The third-order valence-electron chi connectivity index (χ3n) is 5.65. The van der Waals surface area contributed by atoms with Gasteiger partial charge in [0, 0.05) is 19.5 Å². The van der Waals surface area contributed by atoms with Gasteiger partial charge in [-0.1, -0.05) is 50.6 Å². The molecular weight excluding hydrogens is 302 g/mol. The molecule has 132 valence electrons. The molecule has 0 aromatic heterocycles. The summed E-state index contributed by atoms with van der Waals surface area (Å²) in [6, 6.07) is 8.34. The summed E-state index contributed by atoms with van der Waals surface area (Å²) >= 11 is 0. The number of hydrogen-bond donors (Lipinski definition) is 1. The van der Waals surface area contributed by atoms with E-state index in [9.17, 15) is 14.7 Å². The maximum atomic E-state index is 12.7. The lowest BCUT2D eigenvalue weighted by Gasteiger charge is -2.29. The van der Waals surface area contributed by atoms with Crippen LogP contribution in [0.5, 0.6) is 0 Å². The van der Waals surface area contributed by atoms with Crippen LogP contribution in [0.25, 0.3) is 0 Å². The highest BCUT2D eigenvalue weighted by molar-refractivity contribution is 5.81. The second kappa shape index (κ2) is 7.37. The molecule has 24 heavy (non-hydrogen) atoms. The van der Waals surface area contributed by atoms with Gasteiger partial charge in [0.05, 0.1) is 5.41 Å². The zero-order valence-corrected chi connectivity index (χ0v) is 15.2. The number of nitrogens with zero attached hydrogens (tertiary/aromatic N) is 1. The van der Waals surface area contributed by atoms with Crippen molar-refractivity contribution in [2.24, 2.45) is 11.3 Å². The van der Waals surface area contributed by atoms with E-state index in [-0.39, 0.29) is 17.7 Å². The van der Waals surface area contributed by atoms with Crippen molar-refractivity contribution in [2.45, 2.75) is 52.9 Å². The highest BCUT2D eigenvalue weighted by atomic mass is 16.4. The van der Waals surface area contributed by atoms with Gasteiger partial charge in [0.15, 0.2) is 0 Å². The molecular formula is C20H29NO3. The van der Waals surface area contributed by atoms with E-state index < -0.39 is 11.4 Å². The molecule has 2 unspecified atom stereocenters. The zero-order chi connectivity index (χ0) is 17.9. The zero-order valence-electron chi connectivity index (χ0n) is 15.2. The van der Waals surface area contributed by atoms with E-state index in [1.54, 1.807) is 4.90 Å². The van der Waals surface area contributed by atoms with Gasteiger partial charge in [-0.2, -0.15) is 0 Å². The van der Waals surface area contributed by atoms with Gasteiger partial charge in [-0.3, -0.25) is 9.59 Å². The molecule has 1 aliphatic rings. The first-order chi connectivity index (χ1) is 11.3. The summed E-state index contributed by atoms with van der Waals surface area (Å²) in [5.74, 6) is -0.492. The van der Waals surface area contributed by atoms with Gasteiger partial charge in [0.25, 0.3) is 0 Å². The lowest BCUT2D eigenvalue weighted by Crippen LogP contribution is -2.40. The summed E-state index contributed by atoms with van der Waals surface area (Å²) in [4.78, 5) is 26.2. The fourth-order valence-electron chi connectivity index (χ4n) is 3.62. The van der Waals surface area contributed by atoms with Crippen LogP contribution in [0, 0.1) is 18.3 Å². The monoisotopic (exact) mass is 331 g/mol. The third kappa shape index (κ3) is 3.63. The maximum absolute atomic E-state index is 12.7. The van der Waals surface area contributed by atoms with Crippen molar-refractivity contribution in [1.82, 2.24) is 4.90 Å². The minimum Gasteiger partial charge on any atom is -0.481 e. The highest BCUT2D eigenvalue weighted by Gasteiger charge is 2.48. The van der Waals surface area contributed by atoms with Gasteiger partial charge in [-0.15, -0.1) is 0 Å². The second-order valence-electron chi connectivity index (χ2n) is 7.40. The molecule has 4 nitrogen and oxygen atoms in total. The van der Waals surface area contributed by atoms with Crippen LogP contribution in [-0.4, -0.2) is 35.0 Å². The van der Waals surface area contributed by atoms with Crippen LogP contribution >= 0.6 is 0 Å². The summed E-state index contributed by atoms with van der Waals surface area (Å²) in [5, 5.41) is 9.63. The Morgan fingerprint density at radius 1 is 1.25 bits per heavy atom. The summed E-state index contributed by atoms with van der Waals surface area (Å²) in [6.45, 7) is 8.90. The molecule has 1 fully saturated rings. The quantitative estimate of drug-likeness (QED) is 0.861. The Balaban J connectivity index is 2.06.